The average molecular weight is 126 g/mol. The molecule has 50 valence electrons. The standard InChI is InChI=1S/C7H10O2/c1-2-8-7-5-3-4-6-9-7/h2-3,5,7H,1,4,6H2. The number of rotatable bonds is 2. The maximum Gasteiger partial charge on any atom is 0.218 e. The molecule has 0 aromatic carbocycles. The van der Waals surface area contributed by atoms with Crippen LogP contribution in [0.15, 0.2) is 25.0 Å². The van der Waals surface area contributed by atoms with E-state index in [9.17, 15) is 0 Å². The van der Waals surface area contributed by atoms with Gasteiger partial charge in [-0.1, -0.05) is 12.7 Å². The lowest BCUT2D eigenvalue weighted by atomic mass is 10.3. The summed E-state index contributed by atoms with van der Waals surface area (Å²) in [5, 5.41) is 0. The van der Waals surface area contributed by atoms with Gasteiger partial charge in [-0.2, -0.15) is 0 Å². The summed E-state index contributed by atoms with van der Waals surface area (Å²) in [6.45, 7) is 4.16. The van der Waals surface area contributed by atoms with Crippen LogP contribution in [0.25, 0.3) is 0 Å². The van der Waals surface area contributed by atoms with Gasteiger partial charge in [0.25, 0.3) is 0 Å². The molecular formula is C7H10O2. The van der Waals surface area contributed by atoms with Gasteiger partial charge in [-0.3, -0.25) is 0 Å². The minimum Gasteiger partial charge on any atom is -0.469 e. The first-order valence-corrected chi connectivity index (χ1v) is 2.98. The minimum absolute atomic E-state index is 0.198. The van der Waals surface area contributed by atoms with E-state index < -0.39 is 0 Å². The van der Waals surface area contributed by atoms with E-state index in [1.54, 1.807) is 0 Å². The Bertz CT molecular complexity index is 118. The summed E-state index contributed by atoms with van der Waals surface area (Å²) in [6, 6.07) is 0. The van der Waals surface area contributed by atoms with Gasteiger partial charge in [-0.15, -0.1) is 0 Å². The Morgan fingerprint density at radius 1 is 1.78 bits per heavy atom. The molecule has 0 spiro atoms. The fourth-order valence-corrected chi connectivity index (χ4v) is 0.695. The summed E-state index contributed by atoms with van der Waals surface area (Å²) in [5.41, 5.74) is 0. The van der Waals surface area contributed by atoms with Crippen molar-refractivity contribution in [3.05, 3.63) is 25.0 Å². The maximum atomic E-state index is 5.14. The molecule has 1 heterocycles. The molecule has 0 radical (unpaired) electrons. The third kappa shape index (κ3) is 1.90. The molecular weight excluding hydrogens is 116 g/mol. The van der Waals surface area contributed by atoms with Crippen molar-refractivity contribution in [3.8, 4) is 0 Å². The molecule has 1 rings (SSSR count). The molecule has 2 nitrogen and oxygen atoms in total. The van der Waals surface area contributed by atoms with E-state index in [-0.39, 0.29) is 6.29 Å². The highest BCUT2D eigenvalue weighted by Gasteiger charge is 2.05. The van der Waals surface area contributed by atoms with E-state index >= 15 is 0 Å². The Morgan fingerprint density at radius 3 is 3.22 bits per heavy atom. The van der Waals surface area contributed by atoms with Crippen molar-refractivity contribution in [3.63, 3.8) is 0 Å². The lowest BCUT2D eigenvalue weighted by molar-refractivity contribution is -0.0764. The van der Waals surface area contributed by atoms with Gasteiger partial charge in [-0.25, -0.2) is 0 Å². The zero-order valence-electron chi connectivity index (χ0n) is 5.25. The fourth-order valence-electron chi connectivity index (χ4n) is 0.695. The molecule has 1 atom stereocenters. The Kier molecular flexibility index (Phi) is 2.33. The second kappa shape index (κ2) is 3.30. The van der Waals surface area contributed by atoms with Crippen molar-refractivity contribution in [1.82, 2.24) is 0 Å². The molecule has 0 aromatic rings. The van der Waals surface area contributed by atoms with Gasteiger partial charge < -0.3 is 9.47 Å². The first-order valence-electron chi connectivity index (χ1n) is 2.98. The smallest absolute Gasteiger partial charge is 0.218 e. The summed E-state index contributed by atoms with van der Waals surface area (Å²) in [5.74, 6) is 0. The van der Waals surface area contributed by atoms with Crippen LogP contribution in [0.3, 0.4) is 0 Å². The van der Waals surface area contributed by atoms with Gasteiger partial charge >= 0.3 is 0 Å². The second-order valence-electron chi connectivity index (χ2n) is 1.76. The maximum absolute atomic E-state index is 5.14. The predicted molar refractivity (Wildman–Crippen MR) is 34.8 cm³/mol. The van der Waals surface area contributed by atoms with Crippen LogP contribution >= 0.6 is 0 Å². The van der Waals surface area contributed by atoms with E-state index in [0.717, 1.165) is 13.0 Å². The fraction of sp³-hybridized carbons (Fsp3) is 0.429. The highest BCUT2D eigenvalue weighted by molar-refractivity contribution is 4.89. The van der Waals surface area contributed by atoms with E-state index in [0.29, 0.717) is 0 Å². The number of hydrogen-bond donors (Lipinski definition) is 0. The van der Waals surface area contributed by atoms with Gasteiger partial charge in [0, 0.05) is 0 Å². The molecule has 0 aromatic heterocycles. The van der Waals surface area contributed by atoms with Crippen molar-refractivity contribution in [2.45, 2.75) is 12.7 Å². The van der Waals surface area contributed by atoms with E-state index in [4.69, 9.17) is 9.47 Å². The lowest BCUT2D eigenvalue weighted by Gasteiger charge is -2.15. The molecule has 0 fully saturated rings. The lowest BCUT2D eigenvalue weighted by Crippen LogP contribution is -2.15. The SMILES string of the molecule is C=COC1C=CCCO1. The largest absolute Gasteiger partial charge is 0.469 e. The molecule has 0 saturated carbocycles. The van der Waals surface area contributed by atoms with Crippen LogP contribution in [0.1, 0.15) is 6.42 Å². The van der Waals surface area contributed by atoms with Crippen molar-refractivity contribution in [1.29, 1.82) is 0 Å². The first-order chi connectivity index (χ1) is 4.43. The summed E-state index contributed by atoms with van der Waals surface area (Å²) in [4.78, 5) is 0. The summed E-state index contributed by atoms with van der Waals surface area (Å²) in [6.07, 6.45) is 6.09. The van der Waals surface area contributed by atoms with E-state index in [2.05, 4.69) is 6.58 Å². The summed E-state index contributed by atoms with van der Waals surface area (Å²) >= 11 is 0. The molecule has 1 unspecified atom stereocenters. The molecule has 0 bridgehead atoms. The molecule has 2 heteroatoms. The summed E-state index contributed by atoms with van der Waals surface area (Å²) in [7, 11) is 0. The third-order valence-corrected chi connectivity index (χ3v) is 1.09. The molecule has 1 aliphatic rings. The van der Waals surface area contributed by atoms with Crippen LogP contribution < -0.4 is 0 Å². The van der Waals surface area contributed by atoms with Crippen LogP contribution in [0.5, 0.6) is 0 Å². The zero-order valence-corrected chi connectivity index (χ0v) is 5.25. The van der Waals surface area contributed by atoms with Crippen molar-refractivity contribution in [2.24, 2.45) is 0 Å². The van der Waals surface area contributed by atoms with Crippen molar-refractivity contribution in [2.75, 3.05) is 6.61 Å². The van der Waals surface area contributed by atoms with Gasteiger partial charge in [0.05, 0.1) is 12.9 Å². The average Bonchev–Trinajstić information content (AvgIpc) is 1.91. The Labute approximate surface area is 54.8 Å². The molecule has 1 aliphatic heterocycles. The van der Waals surface area contributed by atoms with Crippen LogP contribution in [0.4, 0.5) is 0 Å². The van der Waals surface area contributed by atoms with Crippen molar-refractivity contribution >= 4 is 0 Å². The highest BCUT2D eigenvalue weighted by Crippen LogP contribution is 2.04. The topological polar surface area (TPSA) is 18.5 Å². The Balaban J connectivity index is 2.31. The van der Waals surface area contributed by atoms with Crippen LogP contribution in [-0.2, 0) is 9.47 Å². The molecule has 0 N–H and O–H groups in total. The van der Waals surface area contributed by atoms with E-state index in [1.165, 1.54) is 6.26 Å². The van der Waals surface area contributed by atoms with E-state index in [1.807, 2.05) is 12.2 Å². The first kappa shape index (κ1) is 6.36. The zero-order chi connectivity index (χ0) is 6.53. The molecule has 0 aliphatic carbocycles. The Morgan fingerprint density at radius 2 is 2.67 bits per heavy atom. The van der Waals surface area contributed by atoms with Crippen LogP contribution in [0.2, 0.25) is 0 Å². The quantitative estimate of drug-likeness (QED) is 0.412. The normalized spacial score (nSPS) is 25.6. The predicted octanol–water partition coefficient (Wildman–Crippen LogP) is 1.45. The van der Waals surface area contributed by atoms with Gasteiger partial charge in [0.15, 0.2) is 0 Å². The second-order valence-corrected chi connectivity index (χ2v) is 1.76. The highest BCUT2D eigenvalue weighted by atomic mass is 16.7. The minimum atomic E-state index is -0.198. The van der Waals surface area contributed by atoms with Crippen LogP contribution in [0, 0.1) is 0 Å². The van der Waals surface area contributed by atoms with Gasteiger partial charge in [0.1, 0.15) is 0 Å². The molecule has 0 amide bonds. The summed E-state index contributed by atoms with van der Waals surface area (Å²) < 4.78 is 10.1. The Hall–Kier alpha value is -0.760. The van der Waals surface area contributed by atoms with Gasteiger partial charge in [-0.05, 0) is 12.5 Å². The third-order valence-electron chi connectivity index (χ3n) is 1.09. The van der Waals surface area contributed by atoms with Crippen molar-refractivity contribution < 1.29 is 9.47 Å². The molecule has 9 heavy (non-hydrogen) atoms. The van der Waals surface area contributed by atoms with Crippen LogP contribution in [-0.4, -0.2) is 12.9 Å². The molecule has 0 saturated heterocycles. The number of ether oxygens (including phenoxy) is 2. The number of hydrogen-bond acceptors (Lipinski definition) is 2. The monoisotopic (exact) mass is 126 g/mol. The van der Waals surface area contributed by atoms with Gasteiger partial charge in [0.2, 0.25) is 6.29 Å².